The average Bonchev–Trinajstić information content (AvgIpc) is 3.14. The SMILES string of the molecule is O=C1C[C@H](C(=O)NC23CC(c4cn([C@H]5C[C@@H](OC(F)(F)F)C5)nn4)(C2)C3)Oc2ccc(Cl)cc21. The first-order valence-electron chi connectivity index (χ1n) is 11.0. The quantitative estimate of drug-likeness (QED) is 0.681. The Kier molecular flexibility index (Phi) is 4.61. The molecule has 12 heteroatoms. The molecule has 1 amide bonds. The number of carbonyl (C=O) groups is 2. The maximum atomic E-state index is 12.8. The van der Waals surface area contributed by atoms with Crippen LogP contribution in [-0.4, -0.2) is 50.8 Å². The second kappa shape index (κ2) is 7.17. The fourth-order valence-corrected chi connectivity index (χ4v) is 5.89. The van der Waals surface area contributed by atoms with Crippen LogP contribution in [0, 0.1) is 0 Å². The van der Waals surface area contributed by atoms with Gasteiger partial charge in [-0.2, -0.15) is 0 Å². The minimum Gasteiger partial charge on any atom is -0.479 e. The molecule has 0 unspecified atom stereocenters. The Bertz CT molecular complexity index is 1170. The smallest absolute Gasteiger partial charge is 0.479 e. The van der Waals surface area contributed by atoms with E-state index >= 15 is 0 Å². The minimum atomic E-state index is -4.62. The number of aromatic nitrogens is 3. The van der Waals surface area contributed by atoms with Crippen molar-refractivity contribution in [1.82, 2.24) is 20.3 Å². The van der Waals surface area contributed by atoms with Gasteiger partial charge in [0.1, 0.15) is 5.75 Å². The zero-order valence-corrected chi connectivity index (χ0v) is 18.5. The Morgan fingerprint density at radius 1 is 1.26 bits per heavy atom. The molecule has 1 atom stereocenters. The molecule has 2 bridgehead atoms. The zero-order chi connectivity index (χ0) is 23.9. The number of Topliss-reactive ketones (excluding diaryl/α,β-unsaturated/α-hetero) is 1. The van der Waals surface area contributed by atoms with Crippen molar-refractivity contribution in [1.29, 1.82) is 0 Å². The topological polar surface area (TPSA) is 95.3 Å². The lowest BCUT2D eigenvalue weighted by molar-refractivity contribution is -0.353. The van der Waals surface area contributed by atoms with Crippen LogP contribution in [0.1, 0.15) is 60.6 Å². The Balaban J connectivity index is 1.03. The van der Waals surface area contributed by atoms with E-state index in [0.29, 0.717) is 35.6 Å². The number of amides is 1. The Labute approximate surface area is 196 Å². The van der Waals surface area contributed by atoms with Gasteiger partial charge in [-0.3, -0.25) is 14.3 Å². The van der Waals surface area contributed by atoms with Gasteiger partial charge in [-0.05, 0) is 50.3 Å². The van der Waals surface area contributed by atoms with Crippen LogP contribution >= 0.6 is 11.6 Å². The summed E-state index contributed by atoms with van der Waals surface area (Å²) in [6, 6.07) is 4.58. The molecule has 4 aliphatic carbocycles. The highest BCUT2D eigenvalue weighted by Gasteiger charge is 2.70. The van der Waals surface area contributed by atoms with Crippen LogP contribution < -0.4 is 10.1 Å². The summed E-state index contributed by atoms with van der Waals surface area (Å²) in [4.78, 5) is 25.2. The molecule has 0 spiro atoms. The lowest BCUT2D eigenvalue weighted by Crippen LogP contribution is -2.77. The van der Waals surface area contributed by atoms with Crippen LogP contribution in [0.4, 0.5) is 13.2 Å². The molecule has 1 aromatic carbocycles. The van der Waals surface area contributed by atoms with Gasteiger partial charge in [0, 0.05) is 22.2 Å². The molecule has 4 fully saturated rings. The lowest BCUT2D eigenvalue weighted by Gasteiger charge is -2.69. The van der Waals surface area contributed by atoms with Crippen molar-refractivity contribution in [2.45, 2.75) is 74.1 Å². The van der Waals surface area contributed by atoms with Crippen molar-refractivity contribution in [2.75, 3.05) is 0 Å². The number of ketones is 1. The molecule has 1 aliphatic heterocycles. The van der Waals surface area contributed by atoms with Crippen molar-refractivity contribution in [2.24, 2.45) is 0 Å². The summed E-state index contributed by atoms with van der Waals surface area (Å²) < 4.78 is 48.3. The molecular formula is C22H20ClF3N4O4. The van der Waals surface area contributed by atoms with Gasteiger partial charge >= 0.3 is 6.36 Å². The number of alkyl halides is 3. The molecule has 2 aromatic rings. The van der Waals surface area contributed by atoms with Crippen LogP contribution in [-0.2, 0) is 14.9 Å². The van der Waals surface area contributed by atoms with Crippen LogP contribution in [0.25, 0.3) is 0 Å². The molecule has 34 heavy (non-hydrogen) atoms. The largest absolute Gasteiger partial charge is 0.522 e. The van der Waals surface area contributed by atoms with E-state index in [1.807, 2.05) is 0 Å². The molecule has 1 aromatic heterocycles. The average molecular weight is 497 g/mol. The van der Waals surface area contributed by atoms with E-state index in [4.69, 9.17) is 16.3 Å². The number of halogens is 4. The first kappa shape index (κ1) is 21.8. The number of nitrogens with one attached hydrogen (secondary N) is 1. The van der Waals surface area contributed by atoms with Gasteiger partial charge in [0.25, 0.3) is 5.91 Å². The van der Waals surface area contributed by atoms with Crippen molar-refractivity contribution >= 4 is 23.3 Å². The molecule has 180 valence electrons. The summed E-state index contributed by atoms with van der Waals surface area (Å²) in [5.74, 6) is -0.158. The molecule has 0 saturated heterocycles. The molecule has 2 heterocycles. The molecule has 1 N–H and O–H groups in total. The van der Waals surface area contributed by atoms with E-state index < -0.39 is 18.6 Å². The summed E-state index contributed by atoms with van der Waals surface area (Å²) in [6.07, 6.45) is -2.04. The number of fused-ring (bicyclic) bond motifs is 1. The van der Waals surface area contributed by atoms with Gasteiger partial charge in [0.05, 0.1) is 29.8 Å². The lowest BCUT2D eigenvalue weighted by atomic mass is 9.38. The third kappa shape index (κ3) is 3.56. The highest BCUT2D eigenvalue weighted by molar-refractivity contribution is 6.31. The van der Waals surface area contributed by atoms with E-state index in [9.17, 15) is 22.8 Å². The summed E-state index contributed by atoms with van der Waals surface area (Å²) >= 11 is 5.94. The number of carbonyl (C=O) groups excluding carboxylic acids is 2. The van der Waals surface area contributed by atoms with E-state index in [-0.39, 0.29) is 47.9 Å². The maximum Gasteiger partial charge on any atom is 0.522 e. The monoisotopic (exact) mass is 496 g/mol. The second-order valence-electron chi connectivity index (χ2n) is 9.85. The Hall–Kier alpha value is -2.66. The fourth-order valence-electron chi connectivity index (χ4n) is 5.71. The predicted octanol–water partition coefficient (Wildman–Crippen LogP) is 3.50. The van der Waals surface area contributed by atoms with Crippen molar-refractivity contribution in [3.63, 3.8) is 0 Å². The highest BCUT2D eigenvalue weighted by atomic mass is 35.5. The summed E-state index contributed by atoms with van der Waals surface area (Å²) in [7, 11) is 0. The fraction of sp³-hybridized carbons (Fsp3) is 0.545. The second-order valence-corrected chi connectivity index (χ2v) is 10.3. The number of hydrogen-bond acceptors (Lipinski definition) is 6. The number of rotatable bonds is 5. The molecule has 7 rings (SSSR count). The summed E-state index contributed by atoms with van der Waals surface area (Å²) in [6.45, 7) is 0. The first-order chi connectivity index (χ1) is 16.0. The third-order valence-electron chi connectivity index (χ3n) is 7.39. The molecule has 5 aliphatic rings. The molecular weight excluding hydrogens is 477 g/mol. The summed E-state index contributed by atoms with van der Waals surface area (Å²) in [5.41, 5.74) is 0.643. The van der Waals surface area contributed by atoms with Gasteiger partial charge in [-0.1, -0.05) is 16.8 Å². The zero-order valence-electron chi connectivity index (χ0n) is 17.8. The Morgan fingerprint density at radius 3 is 2.71 bits per heavy atom. The maximum absolute atomic E-state index is 12.8. The highest BCUT2D eigenvalue weighted by Crippen LogP contribution is 2.67. The molecule has 0 radical (unpaired) electrons. The molecule has 8 nitrogen and oxygen atoms in total. The standard InChI is InChI=1S/C22H20ClF3N4O4/c23-11-1-2-16-14(3-11)15(31)6-17(33-16)19(32)27-21-8-20(9-21,10-21)18-7-30(29-28-18)12-4-13(5-12)34-22(24,25)26/h1-3,7,12-13,17H,4-6,8-10H2,(H,27,32)/t12-,13+,17-,20?,21?/m1/s1. The number of nitrogens with zero attached hydrogens (tertiary/aromatic N) is 3. The number of ether oxygens (including phenoxy) is 2. The van der Waals surface area contributed by atoms with Crippen LogP contribution in [0.2, 0.25) is 5.02 Å². The summed E-state index contributed by atoms with van der Waals surface area (Å²) in [5, 5.41) is 11.8. The van der Waals surface area contributed by atoms with Gasteiger partial charge in [0.15, 0.2) is 11.9 Å². The minimum absolute atomic E-state index is 0.0465. The Morgan fingerprint density at radius 2 is 2.00 bits per heavy atom. The van der Waals surface area contributed by atoms with Gasteiger partial charge in [-0.25, -0.2) is 4.68 Å². The predicted molar refractivity (Wildman–Crippen MR) is 110 cm³/mol. The number of hydrogen-bond donors (Lipinski definition) is 1. The van der Waals surface area contributed by atoms with E-state index in [2.05, 4.69) is 20.4 Å². The van der Waals surface area contributed by atoms with Crippen molar-refractivity contribution < 1.29 is 32.2 Å². The van der Waals surface area contributed by atoms with Crippen molar-refractivity contribution in [3.05, 3.63) is 40.7 Å². The van der Waals surface area contributed by atoms with Gasteiger partial charge < -0.3 is 10.1 Å². The van der Waals surface area contributed by atoms with E-state index in [1.54, 1.807) is 29.1 Å². The number of benzene rings is 1. The van der Waals surface area contributed by atoms with Gasteiger partial charge in [0.2, 0.25) is 0 Å². The molecule has 4 saturated carbocycles. The van der Waals surface area contributed by atoms with E-state index in [1.165, 1.54) is 0 Å². The van der Waals surface area contributed by atoms with Gasteiger partial charge in [-0.15, -0.1) is 18.3 Å². The van der Waals surface area contributed by atoms with Crippen LogP contribution in [0.3, 0.4) is 0 Å². The van der Waals surface area contributed by atoms with Crippen LogP contribution in [0.5, 0.6) is 5.75 Å². The third-order valence-corrected chi connectivity index (χ3v) is 7.63. The first-order valence-corrected chi connectivity index (χ1v) is 11.4. The van der Waals surface area contributed by atoms with E-state index in [0.717, 1.165) is 5.69 Å². The van der Waals surface area contributed by atoms with Crippen molar-refractivity contribution in [3.8, 4) is 5.75 Å². The van der Waals surface area contributed by atoms with Crippen LogP contribution in [0.15, 0.2) is 24.4 Å². The normalized spacial score (nSPS) is 33.6.